The lowest BCUT2D eigenvalue weighted by Crippen LogP contribution is -2.48. The molecule has 1 heterocycles. The van der Waals surface area contributed by atoms with Crippen molar-refractivity contribution in [3.8, 4) is 0 Å². The van der Waals surface area contributed by atoms with Crippen LogP contribution in [-0.4, -0.2) is 22.8 Å². The number of carbonyl (C=O) groups excluding carboxylic acids is 3. The quantitative estimate of drug-likeness (QED) is 0.430. The van der Waals surface area contributed by atoms with Crippen molar-refractivity contribution in [2.45, 2.75) is 13.3 Å². The van der Waals surface area contributed by atoms with E-state index in [1.807, 2.05) is 0 Å². The summed E-state index contributed by atoms with van der Waals surface area (Å²) in [5.41, 5.74) is 5.72. The van der Waals surface area contributed by atoms with E-state index in [-0.39, 0.29) is 16.8 Å². The molecule has 0 aliphatic heterocycles. The highest BCUT2D eigenvalue weighted by Gasteiger charge is 2.13. The Balaban J connectivity index is 1.83. The van der Waals surface area contributed by atoms with Gasteiger partial charge in [0.25, 0.3) is 11.8 Å². The predicted molar refractivity (Wildman–Crippen MR) is 102 cm³/mol. The van der Waals surface area contributed by atoms with E-state index in [0.717, 1.165) is 0 Å². The van der Waals surface area contributed by atoms with Gasteiger partial charge in [-0.1, -0.05) is 6.92 Å². The molecule has 1 aromatic carbocycles. The number of hydrogen-bond donors (Lipinski definition) is 4. The Kier molecular flexibility index (Phi) is 6.87. The van der Waals surface area contributed by atoms with E-state index in [1.54, 1.807) is 37.3 Å². The fourth-order valence-electron chi connectivity index (χ4n) is 1.77. The lowest BCUT2D eigenvalue weighted by molar-refractivity contribution is -0.115. The van der Waals surface area contributed by atoms with Crippen LogP contribution in [0.4, 0.5) is 5.69 Å². The van der Waals surface area contributed by atoms with Gasteiger partial charge in [0.15, 0.2) is 15.5 Å². The Labute approximate surface area is 162 Å². The summed E-state index contributed by atoms with van der Waals surface area (Å²) in [5, 5.41) is 4.94. The SMILES string of the molecule is CCC(=O)Nc1ccc(C(=O)NNC(=S)NC(=O)c2ccc(Br)o2)cc1. The first kappa shape index (κ1) is 19.6. The van der Waals surface area contributed by atoms with E-state index in [2.05, 4.69) is 37.4 Å². The number of amides is 3. The van der Waals surface area contributed by atoms with Crippen molar-refractivity contribution in [3.05, 3.63) is 52.4 Å². The van der Waals surface area contributed by atoms with E-state index in [0.29, 0.717) is 22.3 Å². The summed E-state index contributed by atoms with van der Waals surface area (Å²) < 4.78 is 5.50. The minimum atomic E-state index is -0.557. The van der Waals surface area contributed by atoms with Crippen LogP contribution in [-0.2, 0) is 4.79 Å². The monoisotopic (exact) mass is 438 g/mol. The number of carbonyl (C=O) groups is 3. The number of nitrogens with one attached hydrogen (secondary N) is 4. The standard InChI is InChI=1S/C16H15BrN4O4S/c1-2-13(22)18-10-5-3-9(4-6-10)14(23)20-21-16(26)19-15(24)11-7-8-12(17)25-11/h3-8H,2H2,1H3,(H,18,22)(H,20,23)(H2,19,21,24,26). The summed E-state index contributed by atoms with van der Waals surface area (Å²) in [4.78, 5) is 35.2. The topological polar surface area (TPSA) is 112 Å². The highest BCUT2D eigenvalue weighted by molar-refractivity contribution is 9.10. The molecule has 2 rings (SSSR count). The third-order valence-corrected chi connectivity index (χ3v) is 3.70. The average molecular weight is 439 g/mol. The van der Waals surface area contributed by atoms with Gasteiger partial charge in [0.1, 0.15) is 0 Å². The molecule has 0 unspecified atom stereocenters. The van der Waals surface area contributed by atoms with Crippen molar-refractivity contribution < 1.29 is 18.8 Å². The van der Waals surface area contributed by atoms with Crippen molar-refractivity contribution in [1.82, 2.24) is 16.2 Å². The van der Waals surface area contributed by atoms with Crippen molar-refractivity contribution >= 4 is 56.7 Å². The molecule has 0 spiro atoms. The Morgan fingerprint density at radius 3 is 2.31 bits per heavy atom. The van der Waals surface area contributed by atoms with Crippen LogP contribution in [0, 0.1) is 0 Å². The second-order valence-corrected chi connectivity index (χ2v) is 6.14. The van der Waals surface area contributed by atoms with Crippen LogP contribution in [0.25, 0.3) is 0 Å². The van der Waals surface area contributed by atoms with Gasteiger partial charge in [0.2, 0.25) is 5.91 Å². The molecule has 3 amide bonds. The largest absolute Gasteiger partial charge is 0.444 e. The van der Waals surface area contributed by atoms with Crippen molar-refractivity contribution in [2.75, 3.05) is 5.32 Å². The second-order valence-electron chi connectivity index (χ2n) is 4.95. The molecule has 0 aliphatic carbocycles. The van der Waals surface area contributed by atoms with Gasteiger partial charge in [-0.2, -0.15) is 0 Å². The predicted octanol–water partition coefficient (Wildman–Crippen LogP) is 2.34. The minimum Gasteiger partial charge on any atom is -0.444 e. The molecule has 8 nitrogen and oxygen atoms in total. The maximum Gasteiger partial charge on any atom is 0.293 e. The molecule has 0 atom stereocenters. The molecule has 2 aromatic rings. The molecule has 0 bridgehead atoms. The summed E-state index contributed by atoms with van der Waals surface area (Å²) >= 11 is 8.02. The minimum absolute atomic E-state index is 0.0667. The van der Waals surface area contributed by atoms with Gasteiger partial charge in [-0.05, 0) is 64.5 Å². The van der Waals surface area contributed by atoms with E-state index in [4.69, 9.17) is 16.6 Å². The summed E-state index contributed by atoms with van der Waals surface area (Å²) in [6.45, 7) is 1.75. The molecular weight excluding hydrogens is 424 g/mol. The molecule has 1 aromatic heterocycles. The zero-order valence-corrected chi connectivity index (χ0v) is 16.0. The molecule has 136 valence electrons. The Morgan fingerprint density at radius 1 is 1.04 bits per heavy atom. The summed E-state index contributed by atoms with van der Waals surface area (Å²) in [7, 11) is 0. The van der Waals surface area contributed by atoms with Gasteiger partial charge in [-0.3, -0.25) is 30.6 Å². The lowest BCUT2D eigenvalue weighted by atomic mass is 10.2. The number of hydrazine groups is 1. The highest BCUT2D eigenvalue weighted by atomic mass is 79.9. The fraction of sp³-hybridized carbons (Fsp3) is 0.125. The molecule has 0 saturated heterocycles. The van der Waals surface area contributed by atoms with E-state index < -0.39 is 11.8 Å². The summed E-state index contributed by atoms with van der Waals surface area (Å²) in [5.74, 6) is -1.07. The normalized spacial score (nSPS) is 9.92. The van der Waals surface area contributed by atoms with Crippen molar-refractivity contribution in [1.29, 1.82) is 0 Å². The van der Waals surface area contributed by atoms with Gasteiger partial charge in [0, 0.05) is 17.7 Å². The highest BCUT2D eigenvalue weighted by Crippen LogP contribution is 2.13. The number of thiocarbonyl (C=S) groups is 1. The van der Waals surface area contributed by atoms with Gasteiger partial charge >= 0.3 is 0 Å². The van der Waals surface area contributed by atoms with Crippen LogP contribution in [0.2, 0.25) is 0 Å². The van der Waals surface area contributed by atoms with Crippen LogP contribution < -0.4 is 21.5 Å². The molecule has 0 aliphatic rings. The summed E-state index contributed by atoms with van der Waals surface area (Å²) in [6, 6.07) is 9.35. The Morgan fingerprint density at radius 2 is 1.73 bits per heavy atom. The molecule has 10 heteroatoms. The van der Waals surface area contributed by atoms with Crippen molar-refractivity contribution in [2.24, 2.45) is 0 Å². The van der Waals surface area contributed by atoms with E-state index in [9.17, 15) is 14.4 Å². The first-order chi connectivity index (χ1) is 12.4. The van der Waals surface area contributed by atoms with Gasteiger partial charge < -0.3 is 9.73 Å². The third-order valence-electron chi connectivity index (χ3n) is 3.07. The lowest BCUT2D eigenvalue weighted by Gasteiger charge is -2.10. The molecule has 4 N–H and O–H groups in total. The third kappa shape index (κ3) is 5.67. The van der Waals surface area contributed by atoms with Gasteiger partial charge in [-0.25, -0.2) is 0 Å². The smallest absolute Gasteiger partial charge is 0.293 e. The Bertz CT molecular complexity index is 835. The molecule has 0 radical (unpaired) electrons. The number of furan rings is 1. The van der Waals surface area contributed by atoms with Crippen LogP contribution in [0.5, 0.6) is 0 Å². The maximum atomic E-state index is 12.0. The first-order valence-corrected chi connectivity index (χ1v) is 8.66. The molecule has 0 fully saturated rings. The van der Waals surface area contributed by atoms with Crippen LogP contribution in [0.15, 0.2) is 45.5 Å². The van der Waals surface area contributed by atoms with Crippen LogP contribution in [0.3, 0.4) is 0 Å². The number of anilines is 1. The van der Waals surface area contributed by atoms with Gasteiger partial charge in [0.05, 0.1) is 0 Å². The molecule has 26 heavy (non-hydrogen) atoms. The maximum absolute atomic E-state index is 12.0. The van der Waals surface area contributed by atoms with Crippen LogP contribution >= 0.6 is 28.1 Å². The van der Waals surface area contributed by atoms with Gasteiger partial charge in [-0.15, -0.1) is 0 Å². The number of halogens is 1. The van der Waals surface area contributed by atoms with E-state index in [1.165, 1.54) is 6.07 Å². The zero-order valence-electron chi connectivity index (χ0n) is 13.6. The number of rotatable bonds is 4. The first-order valence-electron chi connectivity index (χ1n) is 7.46. The number of benzene rings is 1. The van der Waals surface area contributed by atoms with Crippen molar-refractivity contribution in [3.63, 3.8) is 0 Å². The molecular formula is C16H15BrN4O4S. The summed E-state index contributed by atoms with van der Waals surface area (Å²) in [6.07, 6.45) is 0.365. The second kappa shape index (κ2) is 9.11. The van der Waals surface area contributed by atoms with E-state index >= 15 is 0 Å². The fourth-order valence-corrected chi connectivity index (χ4v) is 2.22. The molecule has 0 saturated carbocycles. The zero-order chi connectivity index (χ0) is 19.1. The van der Waals surface area contributed by atoms with Crippen LogP contribution in [0.1, 0.15) is 34.3 Å². The Hall–Kier alpha value is -2.72. The average Bonchev–Trinajstić information content (AvgIpc) is 3.06. The number of hydrogen-bond acceptors (Lipinski definition) is 5.